The Bertz CT molecular complexity index is 1030. The van der Waals surface area contributed by atoms with Crippen molar-refractivity contribution in [2.24, 2.45) is 0 Å². The third-order valence-electron chi connectivity index (χ3n) is 4.03. The lowest BCUT2D eigenvalue weighted by atomic mass is 10.1. The number of aromatic nitrogens is 3. The molecule has 3 N–H and O–H groups in total. The molecule has 0 radical (unpaired) electrons. The van der Waals surface area contributed by atoms with Crippen LogP contribution < -0.4 is 5.32 Å². The van der Waals surface area contributed by atoms with Gasteiger partial charge in [-0.15, -0.1) is 0 Å². The minimum atomic E-state index is -0.367. The lowest BCUT2D eigenvalue weighted by molar-refractivity contribution is 0.0595. The van der Waals surface area contributed by atoms with Crippen LogP contribution in [0.4, 0.5) is 5.69 Å². The highest BCUT2D eigenvalue weighted by molar-refractivity contribution is 5.95. The number of carbonyl (C=O) groups excluding carboxylic acids is 1. The Morgan fingerprint density at radius 1 is 1.12 bits per heavy atom. The second-order valence-electron chi connectivity index (χ2n) is 5.62. The van der Waals surface area contributed by atoms with Crippen LogP contribution in [0.5, 0.6) is 0 Å². The lowest BCUT2D eigenvalue weighted by Crippen LogP contribution is -2.00. The predicted molar refractivity (Wildman–Crippen MR) is 93.1 cm³/mol. The van der Waals surface area contributed by atoms with Crippen molar-refractivity contribution in [2.75, 3.05) is 12.4 Å². The first-order valence-electron chi connectivity index (χ1n) is 7.60. The Balaban J connectivity index is 1.54. The molecule has 24 heavy (non-hydrogen) atoms. The van der Waals surface area contributed by atoms with E-state index < -0.39 is 0 Å². The van der Waals surface area contributed by atoms with Gasteiger partial charge in [0.1, 0.15) is 5.69 Å². The average molecular weight is 320 g/mol. The van der Waals surface area contributed by atoms with Crippen molar-refractivity contribution in [1.82, 2.24) is 15.2 Å². The lowest BCUT2D eigenvalue weighted by Gasteiger charge is -2.07. The van der Waals surface area contributed by atoms with E-state index in [1.165, 1.54) is 12.7 Å². The van der Waals surface area contributed by atoms with Crippen LogP contribution in [-0.2, 0) is 11.3 Å². The molecular weight excluding hydrogens is 304 g/mol. The number of nitrogens with zero attached hydrogens (tertiary/aromatic N) is 1. The Labute approximate surface area is 137 Å². The summed E-state index contributed by atoms with van der Waals surface area (Å²) in [5.41, 5.74) is 4.55. The zero-order valence-electron chi connectivity index (χ0n) is 13.1. The number of H-pyrrole nitrogens is 2. The number of nitrogens with one attached hydrogen (secondary N) is 3. The molecule has 0 atom stereocenters. The molecule has 4 rings (SSSR count). The molecule has 2 aromatic carbocycles. The van der Waals surface area contributed by atoms with Crippen molar-refractivity contribution in [3.8, 4) is 0 Å². The summed E-state index contributed by atoms with van der Waals surface area (Å²) in [6, 6.07) is 13.9. The largest absolute Gasteiger partial charge is 0.464 e. The second-order valence-corrected chi connectivity index (χ2v) is 5.62. The van der Waals surface area contributed by atoms with Gasteiger partial charge in [-0.3, -0.25) is 5.10 Å². The average Bonchev–Trinajstić information content (AvgIpc) is 3.24. The van der Waals surface area contributed by atoms with Gasteiger partial charge in [0, 0.05) is 28.5 Å². The SMILES string of the molecule is COC(=O)c1cc2cc(NCc3ccc4[nH]ncc4c3)ccc2[nH]1. The summed E-state index contributed by atoms with van der Waals surface area (Å²) in [7, 11) is 1.37. The highest BCUT2D eigenvalue weighted by atomic mass is 16.5. The minimum Gasteiger partial charge on any atom is -0.464 e. The fourth-order valence-corrected chi connectivity index (χ4v) is 2.77. The van der Waals surface area contributed by atoms with Crippen molar-refractivity contribution < 1.29 is 9.53 Å². The second kappa shape index (κ2) is 5.73. The maximum Gasteiger partial charge on any atom is 0.354 e. The standard InChI is InChI=1S/C18H16N4O2/c1-24-18(23)17-8-12-7-14(3-5-15(12)21-17)19-9-11-2-4-16-13(6-11)10-20-22-16/h2-8,10,19,21H,9H2,1H3,(H,20,22). The van der Waals surface area contributed by atoms with Gasteiger partial charge in [0.2, 0.25) is 0 Å². The highest BCUT2D eigenvalue weighted by Gasteiger charge is 2.09. The fourth-order valence-electron chi connectivity index (χ4n) is 2.77. The van der Waals surface area contributed by atoms with Crippen molar-refractivity contribution in [3.63, 3.8) is 0 Å². The maximum atomic E-state index is 11.6. The monoisotopic (exact) mass is 320 g/mol. The molecule has 6 heteroatoms. The van der Waals surface area contributed by atoms with Gasteiger partial charge in [-0.1, -0.05) is 6.07 Å². The van der Waals surface area contributed by atoms with Crippen LogP contribution in [-0.4, -0.2) is 28.3 Å². The molecule has 0 unspecified atom stereocenters. The van der Waals surface area contributed by atoms with Gasteiger partial charge in [0.25, 0.3) is 0 Å². The van der Waals surface area contributed by atoms with Crippen LogP contribution in [0.3, 0.4) is 0 Å². The molecule has 0 saturated carbocycles. The predicted octanol–water partition coefficient (Wildman–Crippen LogP) is 3.44. The molecule has 0 saturated heterocycles. The number of carbonyl (C=O) groups is 1. The Kier molecular flexibility index (Phi) is 3.42. The van der Waals surface area contributed by atoms with Crippen LogP contribution in [0.2, 0.25) is 0 Å². The Morgan fingerprint density at radius 3 is 2.88 bits per heavy atom. The number of esters is 1. The maximum absolute atomic E-state index is 11.6. The third kappa shape index (κ3) is 2.58. The summed E-state index contributed by atoms with van der Waals surface area (Å²) in [5, 5.41) is 12.4. The van der Waals surface area contributed by atoms with Crippen LogP contribution >= 0.6 is 0 Å². The van der Waals surface area contributed by atoms with E-state index in [2.05, 4.69) is 32.6 Å². The number of ether oxygens (including phenoxy) is 1. The van der Waals surface area contributed by atoms with E-state index in [-0.39, 0.29) is 5.97 Å². The van der Waals surface area contributed by atoms with Gasteiger partial charge in [-0.25, -0.2) is 4.79 Å². The first-order valence-corrected chi connectivity index (χ1v) is 7.60. The van der Waals surface area contributed by atoms with E-state index in [0.717, 1.165) is 27.5 Å². The summed E-state index contributed by atoms with van der Waals surface area (Å²) in [4.78, 5) is 14.6. The van der Waals surface area contributed by atoms with E-state index in [1.807, 2.05) is 30.5 Å². The zero-order chi connectivity index (χ0) is 16.5. The number of fused-ring (bicyclic) bond motifs is 2. The summed E-state index contributed by atoms with van der Waals surface area (Å²) in [6.07, 6.45) is 1.82. The molecule has 0 fully saturated rings. The van der Waals surface area contributed by atoms with Crippen LogP contribution in [0.1, 0.15) is 16.1 Å². The van der Waals surface area contributed by atoms with Crippen molar-refractivity contribution in [3.05, 3.63) is 59.9 Å². The normalized spacial score (nSPS) is 11.0. The smallest absolute Gasteiger partial charge is 0.354 e. The number of rotatable bonds is 4. The summed E-state index contributed by atoms with van der Waals surface area (Å²) < 4.78 is 4.74. The topological polar surface area (TPSA) is 82.8 Å². The van der Waals surface area contributed by atoms with Crippen molar-refractivity contribution >= 4 is 33.5 Å². The minimum absolute atomic E-state index is 0.367. The Hall–Kier alpha value is -3.28. The number of hydrogen-bond donors (Lipinski definition) is 3. The first-order chi connectivity index (χ1) is 11.7. The van der Waals surface area contributed by atoms with E-state index >= 15 is 0 Å². The molecular formula is C18H16N4O2. The Morgan fingerprint density at radius 2 is 2.00 bits per heavy atom. The van der Waals surface area contributed by atoms with Crippen LogP contribution in [0, 0.1) is 0 Å². The molecule has 0 aliphatic rings. The molecule has 6 nitrogen and oxygen atoms in total. The van der Waals surface area contributed by atoms with Crippen molar-refractivity contribution in [2.45, 2.75) is 6.54 Å². The number of hydrogen-bond acceptors (Lipinski definition) is 4. The molecule has 2 aromatic heterocycles. The van der Waals surface area contributed by atoms with Gasteiger partial charge in [-0.2, -0.15) is 5.10 Å². The molecule has 120 valence electrons. The molecule has 0 spiro atoms. The van der Waals surface area contributed by atoms with Gasteiger partial charge in [0.15, 0.2) is 0 Å². The number of benzene rings is 2. The molecule has 0 aliphatic carbocycles. The highest BCUT2D eigenvalue weighted by Crippen LogP contribution is 2.21. The number of aromatic amines is 2. The molecule has 0 aliphatic heterocycles. The van der Waals surface area contributed by atoms with E-state index in [0.29, 0.717) is 12.2 Å². The molecule has 2 heterocycles. The van der Waals surface area contributed by atoms with Gasteiger partial charge >= 0.3 is 5.97 Å². The molecule has 0 amide bonds. The summed E-state index contributed by atoms with van der Waals surface area (Å²) in [6.45, 7) is 0.709. The van der Waals surface area contributed by atoms with E-state index in [1.54, 1.807) is 6.07 Å². The third-order valence-corrected chi connectivity index (χ3v) is 4.03. The van der Waals surface area contributed by atoms with E-state index in [9.17, 15) is 4.79 Å². The quantitative estimate of drug-likeness (QED) is 0.503. The zero-order valence-corrected chi connectivity index (χ0v) is 13.1. The van der Waals surface area contributed by atoms with Crippen LogP contribution in [0.25, 0.3) is 21.8 Å². The van der Waals surface area contributed by atoms with Crippen LogP contribution in [0.15, 0.2) is 48.7 Å². The number of methoxy groups -OCH3 is 1. The summed E-state index contributed by atoms with van der Waals surface area (Å²) in [5.74, 6) is -0.367. The first kappa shape index (κ1) is 14.3. The fraction of sp³-hybridized carbons (Fsp3) is 0.111. The van der Waals surface area contributed by atoms with Crippen molar-refractivity contribution in [1.29, 1.82) is 0 Å². The van der Waals surface area contributed by atoms with Gasteiger partial charge in [-0.05, 0) is 42.0 Å². The van der Waals surface area contributed by atoms with Gasteiger partial charge in [0.05, 0.1) is 18.8 Å². The van der Waals surface area contributed by atoms with Gasteiger partial charge < -0.3 is 15.0 Å². The number of anilines is 1. The molecule has 4 aromatic rings. The van der Waals surface area contributed by atoms with E-state index in [4.69, 9.17) is 4.74 Å². The molecule has 0 bridgehead atoms. The summed E-state index contributed by atoms with van der Waals surface area (Å²) >= 11 is 0.